The first-order chi connectivity index (χ1) is 7.79. The van der Waals surface area contributed by atoms with Crippen molar-refractivity contribution in [3.8, 4) is 11.5 Å². The lowest BCUT2D eigenvalue weighted by atomic mass is 10.2. The number of ether oxygens (including phenoxy) is 1. The molecule has 80 valence electrons. The summed E-state index contributed by atoms with van der Waals surface area (Å²) in [5.41, 5.74) is 0.413. The molecule has 2 rings (SSSR count). The van der Waals surface area contributed by atoms with E-state index in [0.29, 0.717) is 28.4 Å². The third-order valence-electron chi connectivity index (χ3n) is 1.96. The lowest BCUT2D eigenvalue weighted by molar-refractivity contribution is 0.112. The zero-order chi connectivity index (χ0) is 11.4. The van der Waals surface area contributed by atoms with Crippen LogP contribution in [-0.4, -0.2) is 11.3 Å². The van der Waals surface area contributed by atoms with Gasteiger partial charge in [0.25, 0.3) is 0 Å². The Morgan fingerprint density at radius 1 is 1.31 bits per heavy atom. The molecule has 1 aromatic heterocycles. The number of pyridine rings is 1. The molecule has 2 aromatic rings. The van der Waals surface area contributed by atoms with Crippen LogP contribution in [-0.2, 0) is 0 Å². The SMILES string of the molecule is O=Cc1cc(Cl)ccc1Oc1cccnc1. The standard InChI is InChI=1S/C12H8ClNO2/c13-10-3-4-12(9(6-10)8-15)16-11-2-1-5-14-7-11/h1-8H. The number of carbonyl (C=O) groups excluding carboxylic acids is 1. The van der Waals surface area contributed by atoms with Gasteiger partial charge in [0, 0.05) is 11.2 Å². The minimum Gasteiger partial charge on any atom is -0.455 e. The Kier molecular flexibility index (Phi) is 3.17. The van der Waals surface area contributed by atoms with Gasteiger partial charge in [-0.1, -0.05) is 11.6 Å². The van der Waals surface area contributed by atoms with Gasteiger partial charge in [-0.3, -0.25) is 9.78 Å². The summed E-state index contributed by atoms with van der Waals surface area (Å²) in [7, 11) is 0. The van der Waals surface area contributed by atoms with E-state index >= 15 is 0 Å². The minimum absolute atomic E-state index is 0.413. The van der Waals surface area contributed by atoms with Gasteiger partial charge in [0.2, 0.25) is 0 Å². The molecule has 0 bridgehead atoms. The average Bonchev–Trinajstić information content (AvgIpc) is 2.33. The Hall–Kier alpha value is -1.87. The number of nitrogens with zero attached hydrogens (tertiary/aromatic N) is 1. The maximum absolute atomic E-state index is 10.8. The Morgan fingerprint density at radius 3 is 2.88 bits per heavy atom. The summed E-state index contributed by atoms with van der Waals surface area (Å²) in [6, 6.07) is 8.39. The van der Waals surface area contributed by atoms with E-state index in [9.17, 15) is 4.79 Å². The van der Waals surface area contributed by atoms with Crippen molar-refractivity contribution in [1.29, 1.82) is 0 Å². The predicted molar refractivity (Wildman–Crippen MR) is 61.2 cm³/mol. The molecule has 0 saturated carbocycles. The molecule has 0 aliphatic rings. The first-order valence-electron chi connectivity index (χ1n) is 4.62. The fourth-order valence-corrected chi connectivity index (χ4v) is 1.42. The first kappa shape index (κ1) is 10.6. The van der Waals surface area contributed by atoms with E-state index in [0.717, 1.165) is 0 Å². The largest absolute Gasteiger partial charge is 0.455 e. The van der Waals surface area contributed by atoms with Crippen molar-refractivity contribution in [2.24, 2.45) is 0 Å². The highest BCUT2D eigenvalue weighted by Crippen LogP contribution is 2.26. The lowest BCUT2D eigenvalue weighted by Gasteiger charge is -2.07. The van der Waals surface area contributed by atoms with Crippen LogP contribution < -0.4 is 4.74 Å². The number of hydrogen-bond acceptors (Lipinski definition) is 3. The van der Waals surface area contributed by atoms with E-state index in [1.807, 2.05) is 0 Å². The normalized spacial score (nSPS) is 9.81. The van der Waals surface area contributed by atoms with Gasteiger partial charge in [-0.05, 0) is 30.3 Å². The van der Waals surface area contributed by atoms with Gasteiger partial charge in [0.15, 0.2) is 6.29 Å². The van der Waals surface area contributed by atoms with Crippen LogP contribution in [0.2, 0.25) is 5.02 Å². The van der Waals surface area contributed by atoms with Gasteiger partial charge in [0.05, 0.1) is 11.8 Å². The third-order valence-corrected chi connectivity index (χ3v) is 2.20. The molecule has 0 aliphatic heterocycles. The maximum Gasteiger partial charge on any atom is 0.153 e. The monoisotopic (exact) mass is 233 g/mol. The highest BCUT2D eigenvalue weighted by Gasteiger charge is 2.04. The van der Waals surface area contributed by atoms with Crippen LogP contribution >= 0.6 is 11.6 Å². The molecule has 0 radical (unpaired) electrons. The average molecular weight is 234 g/mol. The van der Waals surface area contributed by atoms with E-state index in [2.05, 4.69) is 4.98 Å². The van der Waals surface area contributed by atoms with E-state index in [4.69, 9.17) is 16.3 Å². The summed E-state index contributed by atoms with van der Waals surface area (Å²) >= 11 is 5.77. The van der Waals surface area contributed by atoms with E-state index < -0.39 is 0 Å². The van der Waals surface area contributed by atoms with Crippen molar-refractivity contribution in [2.45, 2.75) is 0 Å². The van der Waals surface area contributed by atoms with Crippen LogP contribution in [0.15, 0.2) is 42.7 Å². The van der Waals surface area contributed by atoms with Gasteiger partial charge < -0.3 is 4.74 Å². The second-order valence-corrected chi connectivity index (χ2v) is 3.53. The van der Waals surface area contributed by atoms with Crippen LogP contribution in [0.1, 0.15) is 10.4 Å². The second kappa shape index (κ2) is 4.77. The summed E-state index contributed by atoms with van der Waals surface area (Å²) in [5.74, 6) is 1.04. The molecule has 0 aliphatic carbocycles. The third kappa shape index (κ3) is 2.38. The molecular formula is C12H8ClNO2. The molecule has 0 N–H and O–H groups in total. The van der Waals surface area contributed by atoms with Crippen molar-refractivity contribution < 1.29 is 9.53 Å². The van der Waals surface area contributed by atoms with Crippen LogP contribution in [0.25, 0.3) is 0 Å². The van der Waals surface area contributed by atoms with Gasteiger partial charge in [-0.15, -0.1) is 0 Å². The molecule has 16 heavy (non-hydrogen) atoms. The quantitative estimate of drug-likeness (QED) is 0.764. The topological polar surface area (TPSA) is 39.2 Å². The van der Waals surface area contributed by atoms with Crippen molar-refractivity contribution >= 4 is 17.9 Å². The van der Waals surface area contributed by atoms with E-state index in [-0.39, 0.29) is 0 Å². The van der Waals surface area contributed by atoms with Gasteiger partial charge in [0.1, 0.15) is 11.5 Å². The highest BCUT2D eigenvalue weighted by atomic mass is 35.5. The molecule has 3 nitrogen and oxygen atoms in total. The Bertz CT molecular complexity index is 500. The van der Waals surface area contributed by atoms with Gasteiger partial charge >= 0.3 is 0 Å². The molecule has 0 unspecified atom stereocenters. The smallest absolute Gasteiger partial charge is 0.153 e. The van der Waals surface area contributed by atoms with Crippen LogP contribution in [0.5, 0.6) is 11.5 Å². The number of hydrogen-bond donors (Lipinski definition) is 0. The van der Waals surface area contributed by atoms with Crippen molar-refractivity contribution in [3.05, 3.63) is 53.3 Å². The minimum atomic E-state index is 0.413. The molecule has 1 heterocycles. The predicted octanol–water partition coefficient (Wildman–Crippen LogP) is 3.34. The van der Waals surface area contributed by atoms with Crippen molar-refractivity contribution in [2.75, 3.05) is 0 Å². The van der Waals surface area contributed by atoms with Crippen molar-refractivity contribution in [1.82, 2.24) is 4.98 Å². The van der Waals surface area contributed by atoms with Gasteiger partial charge in [-0.2, -0.15) is 0 Å². The Labute approximate surface area is 97.7 Å². The summed E-state index contributed by atoms with van der Waals surface area (Å²) < 4.78 is 5.50. The number of halogens is 1. The van der Waals surface area contributed by atoms with E-state index in [1.54, 1.807) is 42.7 Å². The molecule has 0 fully saturated rings. The summed E-state index contributed by atoms with van der Waals surface area (Å²) in [6.45, 7) is 0. The molecule has 1 aromatic carbocycles. The number of carbonyl (C=O) groups is 1. The zero-order valence-electron chi connectivity index (χ0n) is 8.26. The Morgan fingerprint density at radius 2 is 2.19 bits per heavy atom. The zero-order valence-corrected chi connectivity index (χ0v) is 9.02. The fourth-order valence-electron chi connectivity index (χ4n) is 1.24. The van der Waals surface area contributed by atoms with Crippen LogP contribution in [0.3, 0.4) is 0 Å². The van der Waals surface area contributed by atoms with Crippen molar-refractivity contribution in [3.63, 3.8) is 0 Å². The fraction of sp³-hybridized carbons (Fsp3) is 0. The van der Waals surface area contributed by atoms with Crippen LogP contribution in [0, 0.1) is 0 Å². The summed E-state index contributed by atoms with van der Waals surface area (Å²) in [5, 5.41) is 0.501. The molecule has 0 spiro atoms. The number of rotatable bonds is 3. The number of aromatic nitrogens is 1. The summed E-state index contributed by atoms with van der Waals surface area (Å²) in [4.78, 5) is 14.7. The molecule has 0 atom stereocenters. The first-order valence-corrected chi connectivity index (χ1v) is 5.00. The lowest BCUT2D eigenvalue weighted by Crippen LogP contribution is -1.90. The maximum atomic E-state index is 10.8. The molecule has 4 heteroatoms. The molecule has 0 saturated heterocycles. The van der Waals surface area contributed by atoms with Crippen LogP contribution in [0.4, 0.5) is 0 Å². The summed E-state index contributed by atoms with van der Waals surface area (Å²) in [6.07, 6.45) is 3.93. The second-order valence-electron chi connectivity index (χ2n) is 3.09. The van der Waals surface area contributed by atoms with Gasteiger partial charge in [-0.25, -0.2) is 0 Å². The Balaban J connectivity index is 2.31. The highest BCUT2D eigenvalue weighted by molar-refractivity contribution is 6.30. The number of aldehydes is 1. The van der Waals surface area contributed by atoms with E-state index in [1.165, 1.54) is 0 Å². The number of benzene rings is 1. The molecule has 0 amide bonds. The molecular weight excluding hydrogens is 226 g/mol.